The van der Waals surface area contributed by atoms with E-state index in [1.54, 1.807) is 11.8 Å². The molecule has 10 nitrogen and oxygen atoms in total. The Labute approximate surface area is 182 Å². The summed E-state index contributed by atoms with van der Waals surface area (Å²) >= 11 is 1.33. The number of aromatic nitrogens is 4. The van der Waals surface area contributed by atoms with Crippen LogP contribution in [0, 0.1) is 6.92 Å². The van der Waals surface area contributed by atoms with Gasteiger partial charge in [0.15, 0.2) is 5.72 Å². The summed E-state index contributed by atoms with van der Waals surface area (Å²) in [7, 11) is 0. The maximum atomic E-state index is 12.2. The molecule has 1 saturated heterocycles. The summed E-state index contributed by atoms with van der Waals surface area (Å²) < 4.78 is 4.22. The first-order chi connectivity index (χ1) is 14.9. The van der Waals surface area contributed by atoms with E-state index in [9.17, 15) is 9.90 Å². The highest BCUT2D eigenvalue weighted by molar-refractivity contribution is 7.09. The maximum absolute atomic E-state index is 12.2. The summed E-state index contributed by atoms with van der Waals surface area (Å²) in [6.45, 7) is 4.66. The van der Waals surface area contributed by atoms with Crippen LogP contribution in [0.25, 0.3) is 10.6 Å². The van der Waals surface area contributed by atoms with Crippen LogP contribution in [0.3, 0.4) is 0 Å². The van der Waals surface area contributed by atoms with Crippen LogP contribution in [0.1, 0.15) is 29.8 Å². The number of carbonyl (C=O) groups is 1. The summed E-state index contributed by atoms with van der Waals surface area (Å²) in [5, 5.41) is 18.7. The molecular formula is C20H22N8O2S. The third-order valence-corrected chi connectivity index (χ3v) is 6.67. The van der Waals surface area contributed by atoms with Gasteiger partial charge in [0.05, 0.1) is 5.92 Å². The number of aliphatic hydroxyl groups is 1. The van der Waals surface area contributed by atoms with E-state index >= 15 is 0 Å². The van der Waals surface area contributed by atoms with Gasteiger partial charge in [0, 0.05) is 29.8 Å². The van der Waals surface area contributed by atoms with Crippen molar-refractivity contribution in [3.8, 4) is 10.6 Å². The van der Waals surface area contributed by atoms with Crippen molar-refractivity contribution in [3.63, 3.8) is 0 Å². The topological polar surface area (TPSA) is 142 Å². The summed E-state index contributed by atoms with van der Waals surface area (Å²) in [6.07, 6.45) is 0.614. The third-order valence-electron chi connectivity index (χ3n) is 5.82. The monoisotopic (exact) mass is 438 g/mol. The van der Waals surface area contributed by atoms with Crippen molar-refractivity contribution in [2.75, 3.05) is 23.3 Å². The van der Waals surface area contributed by atoms with Gasteiger partial charge in [-0.25, -0.2) is 15.0 Å². The summed E-state index contributed by atoms with van der Waals surface area (Å²) in [4.78, 5) is 27.0. The first-order valence-corrected chi connectivity index (χ1v) is 10.7. The van der Waals surface area contributed by atoms with Crippen molar-refractivity contribution in [2.45, 2.75) is 31.7 Å². The van der Waals surface area contributed by atoms with Crippen molar-refractivity contribution in [3.05, 3.63) is 47.5 Å². The molecular weight excluding hydrogens is 416 g/mol. The first kappa shape index (κ1) is 19.9. The van der Waals surface area contributed by atoms with E-state index < -0.39 is 17.8 Å². The second-order valence-corrected chi connectivity index (χ2v) is 8.46. The van der Waals surface area contributed by atoms with Crippen LogP contribution < -0.4 is 21.3 Å². The largest absolute Gasteiger partial charge is 0.364 e. The van der Waals surface area contributed by atoms with E-state index in [0.717, 1.165) is 16.4 Å². The Morgan fingerprint density at radius 3 is 2.77 bits per heavy atom. The highest BCUT2D eigenvalue weighted by atomic mass is 32.1. The van der Waals surface area contributed by atoms with Crippen molar-refractivity contribution in [1.29, 1.82) is 0 Å². The standard InChI is InChI=1S/C20H22N8O2S/c1-10-14-15(26-17(10)29)23-9-24-16(14)28-8-7-22-19(21)20(28,30)13-5-3-12(4-6-13)18-25-11(2)27-31-18/h3-6,9-10,19,22,30H,7-8,21H2,1-2H3,(H,23,24,26,29)/t10?,19?,20-/m1/s1. The van der Waals surface area contributed by atoms with Gasteiger partial charge < -0.3 is 21.1 Å². The van der Waals surface area contributed by atoms with Gasteiger partial charge in [-0.2, -0.15) is 4.37 Å². The average molecular weight is 439 g/mol. The molecule has 0 spiro atoms. The van der Waals surface area contributed by atoms with Crippen LogP contribution in [0.2, 0.25) is 0 Å². The Kier molecular flexibility index (Phi) is 4.70. The van der Waals surface area contributed by atoms with Gasteiger partial charge in [0.25, 0.3) is 0 Å². The highest BCUT2D eigenvalue weighted by Crippen LogP contribution is 2.42. The Morgan fingerprint density at radius 2 is 2.06 bits per heavy atom. The lowest BCUT2D eigenvalue weighted by atomic mass is 9.93. The number of nitrogens with one attached hydrogen (secondary N) is 2. The Balaban J connectivity index is 1.58. The molecule has 160 valence electrons. The Morgan fingerprint density at radius 1 is 1.29 bits per heavy atom. The molecule has 0 radical (unpaired) electrons. The van der Waals surface area contributed by atoms with Crippen molar-refractivity contribution >= 4 is 29.1 Å². The molecule has 2 aromatic heterocycles. The van der Waals surface area contributed by atoms with E-state index in [-0.39, 0.29) is 5.91 Å². The molecule has 4 heterocycles. The molecule has 2 aliphatic rings. The minimum Gasteiger partial charge on any atom is -0.364 e. The molecule has 0 aliphatic carbocycles. The van der Waals surface area contributed by atoms with Crippen LogP contribution >= 0.6 is 11.5 Å². The van der Waals surface area contributed by atoms with Crippen LogP contribution in [-0.4, -0.2) is 49.6 Å². The molecule has 3 aromatic rings. The molecule has 2 unspecified atom stereocenters. The van der Waals surface area contributed by atoms with E-state index in [4.69, 9.17) is 5.73 Å². The van der Waals surface area contributed by atoms with Gasteiger partial charge in [-0.1, -0.05) is 24.3 Å². The lowest BCUT2D eigenvalue weighted by Crippen LogP contribution is -2.69. The van der Waals surface area contributed by atoms with Crippen molar-refractivity contribution < 1.29 is 9.90 Å². The number of benzene rings is 1. The van der Waals surface area contributed by atoms with Gasteiger partial charge in [0.1, 0.15) is 35.0 Å². The number of piperazine rings is 1. The minimum absolute atomic E-state index is 0.142. The molecule has 11 heteroatoms. The number of aryl methyl sites for hydroxylation is 1. The fourth-order valence-electron chi connectivity index (χ4n) is 4.14. The number of amides is 1. The zero-order valence-electron chi connectivity index (χ0n) is 17.0. The summed E-state index contributed by atoms with van der Waals surface area (Å²) in [6, 6.07) is 7.45. The highest BCUT2D eigenvalue weighted by Gasteiger charge is 2.47. The van der Waals surface area contributed by atoms with Gasteiger partial charge in [-0.05, 0) is 25.4 Å². The molecule has 1 aromatic carbocycles. The van der Waals surface area contributed by atoms with Gasteiger partial charge in [0.2, 0.25) is 5.91 Å². The molecule has 3 atom stereocenters. The number of rotatable bonds is 3. The molecule has 0 bridgehead atoms. The predicted octanol–water partition coefficient (Wildman–Crippen LogP) is 0.899. The second kappa shape index (κ2) is 7.31. The molecule has 1 amide bonds. The van der Waals surface area contributed by atoms with E-state index in [1.807, 2.05) is 31.2 Å². The SMILES string of the molecule is Cc1nsc(-c2ccc([C@@]3(O)C(N)NCCN3c3ncnc4c3C(C)C(=O)N4)cc2)n1. The van der Waals surface area contributed by atoms with Gasteiger partial charge >= 0.3 is 0 Å². The number of nitrogens with two attached hydrogens (primary N) is 1. The van der Waals surface area contributed by atoms with E-state index in [0.29, 0.717) is 35.9 Å². The Bertz CT molecular complexity index is 1150. The van der Waals surface area contributed by atoms with Crippen LogP contribution in [0.15, 0.2) is 30.6 Å². The minimum atomic E-state index is -1.58. The number of hydrogen-bond acceptors (Lipinski definition) is 10. The zero-order valence-corrected chi connectivity index (χ0v) is 17.8. The molecule has 0 saturated carbocycles. The lowest BCUT2D eigenvalue weighted by Gasteiger charge is -2.48. The zero-order chi connectivity index (χ0) is 21.8. The molecule has 5 rings (SSSR count). The summed E-state index contributed by atoms with van der Waals surface area (Å²) in [5.74, 6) is 1.13. The summed E-state index contributed by atoms with van der Waals surface area (Å²) in [5.41, 5.74) is 6.99. The van der Waals surface area contributed by atoms with Crippen molar-refractivity contribution in [1.82, 2.24) is 24.6 Å². The van der Waals surface area contributed by atoms with Gasteiger partial charge in [-0.15, -0.1) is 0 Å². The third kappa shape index (κ3) is 3.08. The average Bonchev–Trinajstić information content (AvgIpc) is 3.33. The van der Waals surface area contributed by atoms with Crippen LogP contribution in [0.5, 0.6) is 0 Å². The number of hydrogen-bond donors (Lipinski definition) is 4. The Hall–Kier alpha value is -2.99. The second-order valence-electron chi connectivity index (χ2n) is 7.70. The lowest BCUT2D eigenvalue weighted by molar-refractivity contribution is -0.116. The van der Waals surface area contributed by atoms with Crippen LogP contribution in [0.4, 0.5) is 11.6 Å². The van der Waals surface area contributed by atoms with Gasteiger partial charge in [-0.3, -0.25) is 10.1 Å². The molecule has 1 fully saturated rings. The number of fused-ring (bicyclic) bond motifs is 1. The van der Waals surface area contributed by atoms with E-state index in [1.165, 1.54) is 17.9 Å². The number of carbonyl (C=O) groups excluding carboxylic acids is 1. The van der Waals surface area contributed by atoms with Crippen LogP contribution in [-0.2, 0) is 10.5 Å². The number of anilines is 2. The van der Waals surface area contributed by atoms with E-state index in [2.05, 4.69) is 30.0 Å². The normalized spacial score (nSPS) is 25.4. The first-order valence-electron chi connectivity index (χ1n) is 9.95. The predicted molar refractivity (Wildman–Crippen MR) is 116 cm³/mol. The fourth-order valence-corrected chi connectivity index (χ4v) is 4.82. The number of nitrogens with zero attached hydrogens (tertiary/aromatic N) is 5. The quantitative estimate of drug-likeness (QED) is 0.469. The van der Waals surface area contributed by atoms with Crippen molar-refractivity contribution in [2.24, 2.45) is 5.73 Å². The molecule has 5 N–H and O–H groups in total. The molecule has 31 heavy (non-hydrogen) atoms. The maximum Gasteiger partial charge on any atom is 0.233 e. The molecule has 2 aliphatic heterocycles. The fraction of sp³-hybridized carbons (Fsp3) is 0.350. The smallest absolute Gasteiger partial charge is 0.233 e.